The van der Waals surface area contributed by atoms with Crippen molar-refractivity contribution >= 4 is 11.8 Å². The van der Waals surface area contributed by atoms with Crippen molar-refractivity contribution < 1.29 is 14.3 Å². The van der Waals surface area contributed by atoms with Gasteiger partial charge in [-0.25, -0.2) is 0 Å². The van der Waals surface area contributed by atoms with Crippen LogP contribution >= 0.6 is 0 Å². The Hall–Kier alpha value is -2.08. The molecule has 30 heavy (non-hydrogen) atoms. The van der Waals surface area contributed by atoms with Gasteiger partial charge >= 0.3 is 0 Å². The fraction of sp³-hybridized carbons (Fsp3) is 0.667. The number of benzene rings is 1. The Balaban J connectivity index is 1.41. The van der Waals surface area contributed by atoms with Crippen LogP contribution in [0, 0.1) is 11.3 Å². The van der Waals surface area contributed by atoms with E-state index in [1.54, 1.807) is 7.11 Å². The van der Waals surface area contributed by atoms with Crippen LogP contribution in [0.2, 0.25) is 0 Å². The Bertz CT molecular complexity index is 727. The van der Waals surface area contributed by atoms with Gasteiger partial charge in [-0.05, 0) is 31.7 Å². The molecule has 2 amide bonds. The predicted octanol–water partition coefficient (Wildman–Crippen LogP) is 3.06. The van der Waals surface area contributed by atoms with Gasteiger partial charge in [0.25, 0.3) is 0 Å². The monoisotopic (exact) mass is 415 g/mol. The molecule has 3 rings (SSSR count). The Morgan fingerprint density at radius 2 is 1.67 bits per heavy atom. The topological polar surface area (TPSA) is 61.9 Å². The van der Waals surface area contributed by atoms with Gasteiger partial charge in [-0.1, -0.05) is 39.0 Å². The zero-order chi connectivity index (χ0) is 21.7. The Labute approximate surface area is 180 Å². The summed E-state index contributed by atoms with van der Waals surface area (Å²) < 4.78 is 5.46. The van der Waals surface area contributed by atoms with Gasteiger partial charge in [-0.2, -0.15) is 0 Å². The standard InChI is InChI=1S/C24H37N3O3/c1-24(2,3)23(29)27-15-9-18(10-16-27)22(28)25-20-11-13-26(14-12-20)17-19-7-5-6-8-21(19)30-4/h5-8,18,20H,9-17H2,1-4H3,(H,25,28). The van der Waals surface area contributed by atoms with Crippen molar-refractivity contribution in [2.45, 2.75) is 59.0 Å². The molecule has 0 aliphatic carbocycles. The van der Waals surface area contributed by atoms with E-state index >= 15 is 0 Å². The number of carbonyl (C=O) groups excluding carboxylic acids is 2. The minimum atomic E-state index is -0.354. The predicted molar refractivity (Wildman–Crippen MR) is 118 cm³/mol. The summed E-state index contributed by atoms with van der Waals surface area (Å²) in [7, 11) is 1.71. The number of ether oxygens (including phenoxy) is 1. The maximum absolute atomic E-state index is 12.8. The van der Waals surface area contributed by atoms with Gasteiger partial charge in [0.2, 0.25) is 11.8 Å². The lowest BCUT2D eigenvalue weighted by molar-refractivity contribution is -0.142. The molecule has 0 atom stereocenters. The van der Waals surface area contributed by atoms with Crippen molar-refractivity contribution in [1.82, 2.24) is 15.1 Å². The van der Waals surface area contributed by atoms with Crippen LogP contribution in [0.5, 0.6) is 5.75 Å². The maximum atomic E-state index is 12.8. The summed E-state index contributed by atoms with van der Waals surface area (Å²) in [5, 5.41) is 3.28. The van der Waals surface area contributed by atoms with Crippen molar-refractivity contribution in [3.8, 4) is 5.75 Å². The van der Waals surface area contributed by atoms with Crippen LogP contribution in [0.15, 0.2) is 24.3 Å². The van der Waals surface area contributed by atoms with E-state index in [9.17, 15) is 9.59 Å². The maximum Gasteiger partial charge on any atom is 0.227 e. The molecule has 0 bridgehead atoms. The number of likely N-dealkylation sites (tertiary alicyclic amines) is 2. The molecule has 2 aliphatic heterocycles. The first-order valence-electron chi connectivity index (χ1n) is 11.2. The molecular weight excluding hydrogens is 378 g/mol. The van der Waals surface area contributed by atoms with Gasteiger partial charge in [0.1, 0.15) is 5.75 Å². The molecule has 6 heteroatoms. The average Bonchev–Trinajstić information content (AvgIpc) is 2.74. The van der Waals surface area contributed by atoms with Crippen molar-refractivity contribution in [1.29, 1.82) is 0 Å². The second kappa shape index (κ2) is 9.82. The number of amides is 2. The van der Waals surface area contributed by atoms with Crippen LogP contribution < -0.4 is 10.1 Å². The Morgan fingerprint density at radius 1 is 1.03 bits per heavy atom. The minimum Gasteiger partial charge on any atom is -0.496 e. The smallest absolute Gasteiger partial charge is 0.227 e. The van der Waals surface area contributed by atoms with E-state index in [-0.39, 0.29) is 29.2 Å². The first-order chi connectivity index (χ1) is 14.3. The Morgan fingerprint density at radius 3 is 2.27 bits per heavy atom. The lowest BCUT2D eigenvalue weighted by Gasteiger charge is -2.36. The fourth-order valence-corrected chi connectivity index (χ4v) is 4.45. The third kappa shape index (κ3) is 5.75. The van der Waals surface area contributed by atoms with E-state index < -0.39 is 0 Å². The van der Waals surface area contributed by atoms with Gasteiger partial charge in [-0.3, -0.25) is 14.5 Å². The third-order valence-electron chi connectivity index (χ3n) is 6.31. The molecule has 1 aromatic carbocycles. The van der Waals surface area contributed by atoms with Crippen LogP contribution in [0.25, 0.3) is 0 Å². The summed E-state index contributed by atoms with van der Waals surface area (Å²) in [5.41, 5.74) is 0.853. The number of rotatable bonds is 5. The highest BCUT2D eigenvalue weighted by atomic mass is 16.5. The largest absolute Gasteiger partial charge is 0.496 e. The van der Waals surface area contributed by atoms with Crippen LogP contribution in [0.4, 0.5) is 0 Å². The number of nitrogens with one attached hydrogen (secondary N) is 1. The summed E-state index contributed by atoms with van der Waals surface area (Å²) in [6.07, 6.45) is 3.48. The van der Waals surface area contributed by atoms with Gasteiger partial charge in [0.05, 0.1) is 7.11 Å². The molecule has 0 radical (unpaired) electrons. The van der Waals surface area contributed by atoms with E-state index in [4.69, 9.17) is 4.74 Å². The van der Waals surface area contributed by atoms with Crippen molar-refractivity contribution in [2.75, 3.05) is 33.3 Å². The zero-order valence-corrected chi connectivity index (χ0v) is 18.9. The molecular formula is C24H37N3O3. The number of piperidine rings is 2. The molecule has 2 saturated heterocycles. The van der Waals surface area contributed by atoms with E-state index in [1.165, 1.54) is 5.56 Å². The summed E-state index contributed by atoms with van der Waals surface area (Å²) in [6.45, 7) is 10.1. The van der Waals surface area contributed by atoms with Crippen LogP contribution in [-0.2, 0) is 16.1 Å². The first-order valence-corrected chi connectivity index (χ1v) is 11.2. The Kier molecular flexibility index (Phi) is 7.40. The van der Waals surface area contributed by atoms with Gasteiger partial charge < -0.3 is 15.0 Å². The fourth-order valence-electron chi connectivity index (χ4n) is 4.45. The summed E-state index contributed by atoms with van der Waals surface area (Å²) in [5.74, 6) is 1.31. The van der Waals surface area contributed by atoms with Gasteiger partial charge in [0, 0.05) is 55.7 Å². The normalized spacial score (nSPS) is 19.5. The number of hydrogen-bond donors (Lipinski definition) is 1. The molecule has 2 fully saturated rings. The lowest BCUT2D eigenvalue weighted by atomic mass is 9.90. The molecule has 0 saturated carbocycles. The number of methoxy groups -OCH3 is 1. The van der Waals surface area contributed by atoms with Crippen LogP contribution in [-0.4, -0.2) is 60.9 Å². The third-order valence-corrected chi connectivity index (χ3v) is 6.31. The van der Waals surface area contributed by atoms with Gasteiger partial charge in [0.15, 0.2) is 0 Å². The van der Waals surface area contributed by atoms with E-state index in [1.807, 2.05) is 43.9 Å². The highest BCUT2D eigenvalue weighted by Gasteiger charge is 2.33. The molecule has 0 spiro atoms. The SMILES string of the molecule is COc1ccccc1CN1CCC(NC(=O)C2CCN(C(=O)C(C)(C)C)CC2)CC1. The molecule has 2 heterocycles. The molecule has 0 unspecified atom stereocenters. The highest BCUT2D eigenvalue weighted by Crippen LogP contribution is 2.25. The van der Waals surface area contributed by atoms with Crippen molar-refractivity contribution in [3.63, 3.8) is 0 Å². The summed E-state index contributed by atoms with van der Waals surface area (Å²) >= 11 is 0. The van der Waals surface area contributed by atoms with E-state index in [2.05, 4.69) is 16.3 Å². The second-order valence-electron chi connectivity index (χ2n) is 9.69. The number of hydrogen-bond acceptors (Lipinski definition) is 4. The van der Waals surface area contributed by atoms with Crippen LogP contribution in [0.1, 0.15) is 52.0 Å². The number of carbonyl (C=O) groups is 2. The highest BCUT2D eigenvalue weighted by molar-refractivity contribution is 5.82. The molecule has 1 aromatic rings. The average molecular weight is 416 g/mol. The van der Waals surface area contributed by atoms with Gasteiger partial charge in [-0.15, -0.1) is 0 Å². The van der Waals surface area contributed by atoms with Crippen molar-refractivity contribution in [2.24, 2.45) is 11.3 Å². The molecule has 166 valence electrons. The van der Waals surface area contributed by atoms with Crippen LogP contribution in [0.3, 0.4) is 0 Å². The number of para-hydroxylation sites is 1. The number of nitrogens with zero attached hydrogens (tertiary/aromatic N) is 2. The zero-order valence-electron chi connectivity index (χ0n) is 18.9. The summed E-state index contributed by atoms with van der Waals surface area (Å²) in [4.78, 5) is 29.5. The summed E-state index contributed by atoms with van der Waals surface area (Å²) in [6, 6.07) is 8.41. The lowest BCUT2D eigenvalue weighted by Crippen LogP contribution is -2.49. The minimum absolute atomic E-state index is 0.0284. The first kappa shape index (κ1) is 22.6. The molecule has 2 aliphatic rings. The quantitative estimate of drug-likeness (QED) is 0.803. The molecule has 6 nitrogen and oxygen atoms in total. The van der Waals surface area contributed by atoms with E-state index in [0.717, 1.165) is 51.1 Å². The van der Waals surface area contributed by atoms with E-state index in [0.29, 0.717) is 13.1 Å². The van der Waals surface area contributed by atoms with Crippen molar-refractivity contribution in [3.05, 3.63) is 29.8 Å². The second-order valence-corrected chi connectivity index (χ2v) is 9.69. The molecule has 1 N–H and O–H groups in total. The molecule has 0 aromatic heterocycles.